The zero-order valence-electron chi connectivity index (χ0n) is 13.7. The van der Waals surface area contributed by atoms with Crippen molar-refractivity contribution in [3.8, 4) is 0 Å². The summed E-state index contributed by atoms with van der Waals surface area (Å²) in [5.41, 5.74) is 2.90. The van der Waals surface area contributed by atoms with E-state index in [-0.39, 0.29) is 11.9 Å². The molecule has 3 N–H and O–H groups in total. The highest BCUT2D eigenvalue weighted by Gasteiger charge is 2.24. The Morgan fingerprint density at radius 3 is 2.12 bits per heavy atom. The molecule has 3 aromatic carbocycles. The first-order valence-electron chi connectivity index (χ1n) is 8.21. The second-order valence-electron chi connectivity index (χ2n) is 5.81. The number of hydrogen-bond donors (Lipinski definition) is 2. The largest absolute Gasteiger partial charge is 0.328 e. The average Bonchev–Trinajstić information content (AvgIpc) is 2.65. The van der Waals surface area contributed by atoms with Crippen LogP contribution in [0.25, 0.3) is 0 Å². The van der Waals surface area contributed by atoms with Gasteiger partial charge in [0.25, 0.3) is 5.91 Å². The number of carbonyl (C=O) groups is 1. The first-order chi connectivity index (χ1) is 12.2. The molecule has 25 heavy (non-hydrogen) atoms. The van der Waals surface area contributed by atoms with E-state index in [1.165, 1.54) is 5.56 Å². The molecule has 0 radical (unpaired) electrons. The molecule has 0 aliphatic heterocycles. The van der Waals surface area contributed by atoms with Gasteiger partial charge in [0.2, 0.25) is 0 Å². The molecule has 0 spiro atoms. The lowest BCUT2D eigenvalue weighted by Gasteiger charge is -2.16. The van der Waals surface area contributed by atoms with E-state index in [2.05, 4.69) is 22.8 Å². The van der Waals surface area contributed by atoms with Crippen LogP contribution in [0.4, 0.5) is 5.69 Å². The lowest BCUT2D eigenvalue weighted by Crippen LogP contribution is -2.85. The van der Waals surface area contributed by atoms with Crippen molar-refractivity contribution in [3.05, 3.63) is 101 Å². The smallest absolute Gasteiger partial charge is 0.287 e. The molecule has 0 saturated carbocycles. The molecule has 1 atom stereocenters. The Kier molecular flexibility index (Phi) is 5.83. The van der Waals surface area contributed by atoms with Crippen molar-refractivity contribution in [2.24, 2.45) is 0 Å². The van der Waals surface area contributed by atoms with Crippen molar-refractivity contribution in [2.45, 2.75) is 12.6 Å². The van der Waals surface area contributed by atoms with E-state index in [9.17, 15) is 4.79 Å². The summed E-state index contributed by atoms with van der Waals surface area (Å²) in [6.45, 7) is 0.731. The van der Waals surface area contributed by atoms with Crippen molar-refractivity contribution in [1.29, 1.82) is 0 Å². The molecule has 0 aliphatic rings. The summed E-state index contributed by atoms with van der Waals surface area (Å²) in [5, 5.41) is 5.67. The Hall–Kier alpha value is -2.62. The summed E-state index contributed by atoms with van der Waals surface area (Å²) in [6, 6.07) is 26.8. The van der Waals surface area contributed by atoms with Crippen LogP contribution >= 0.6 is 11.6 Å². The molecule has 0 aliphatic carbocycles. The SMILES string of the molecule is O=C(Nc1ccc(Cl)cc1)[C@@H]([NH2+]Cc1ccccc1)c1ccccc1. The van der Waals surface area contributed by atoms with Crippen LogP contribution < -0.4 is 10.6 Å². The summed E-state index contributed by atoms with van der Waals surface area (Å²) < 4.78 is 0. The van der Waals surface area contributed by atoms with E-state index in [1.54, 1.807) is 24.3 Å². The molecule has 0 saturated heterocycles. The quantitative estimate of drug-likeness (QED) is 0.697. The minimum Gasteiger partial charge on any atom is -0.328 e. The van der Waals surface area contributed by atoms with Crippen LogP contribution in [0.2, 0.25) is 5.02 Å². The number of benzene rings is 3. The summed E-state index contributed by atoms with van der Waals surface area (Å²) in [7, 11) is 0. The fraction of sp³-hybridized carbons (Fsp3) is 0.0952. The standard InChI is InChI=1S/C21H19ClN2O/c22-18-11-13-19(14-12-18)24-21(25)20(17-9-5-2-6-10-17)23-15-16-7-3-1-4-8-16/h1-14,20,23H,15H2,(H,24,25)/p+1/t20-/m0/s1. The molecule has 4 heteroatoms. The van der Waals surface area contributed by atoms with Crippen LogP contribution in [0, 0.1) is 0 Å². The molecular formula is C21H20ClN2O+. The van der Waals surface area contributed by atoms with Gasteiger partial charge in [-0.25, -0.2) is 0 Å². The number of halogens is 1. The van der Waals surface area contributed by atoms with Gasteiger partial charge in [0.1, 0.15) is 6.54 Å². The van der Waals surface area contributed by atoms with Crippen molar-refractivity contribution in [2.75, 3.05) is 5.32 Å². The van der Waals surface area contributed by atoms with Gasteiger partial charge in [-0.3, -0.25) is 4.79 Å². The van der Waals surface area contributed by atoms with Gasteiger partial charge < -0.3 is 10.6 Å². The van der Waals surface area contributed by atoms with Gasteiger partial charge in [-0.2, -0.15) is 0 Å². The summed E-state index contributed by atoms with van der Waals surface area (Å²) in [5.74, 6) is -0.0514. The van der Waals surface area contributed by atoms with Crippen LogP contribution in [0.3, 0.4) is 0 Å². The first-order valence-corrected chi connectivity index (χ1v) is 8.59. The minimum absolute atomic E-state index is 0.0514. The number of carbonyl (C=O) groups excluding carboxylic acids is 1. The molecule has 3 nitrogen and oxygen atoms in total. The molecule has 3 rings (SSSR count). The molecular weight excluding hydrogens is 332 g/mol. The van der Waals surface area contributed by atoms with Gasteiger partial charge in [0, 0.05) is 21.8 Å². The zero-order valence-corrected chi connectivity index (χ0v) is 14.5. The maximum atomic E-state index is 12.8. The van der Waals surface area contributed by atoms with Crippen LogP contribution in [-0.4, -0.2) is 5.91 Å². The Balaban J connectivity index is 1.75. The van der Waals surface area contributed by atoms with Gasteiger partial charge in [0.15, 0.2) is 6.04 Å². The summed E-state index contributed by atoms with van der Waals surface area (Å²) >= 11 is 5.91. The van der Waals surface area contributed by atoms with Crippen LogP contribution in [-0.2, 0) is 11.3 Å². The van der Waals surface area contributed by atoms with Gasteiger partial charge >= 0.3 is 0 Å². The van der Waals surface area contributed by atoms with Gasteiger partial charge in [-0.05, 0) is 24.3 Å². The number of anilines is 1. The maximum Gasteiger partial charge on any atom is 0.287 e. The lowest BCUT2D eigenvalue weighted by atomic mass is 10.1. The van der Waals surface area contributed by atoms with E-state index >= 15 is 0 Å². The minimum atomic E-state index is -0.322. The molecule has 126 valence electrons. The third-order valence-corrected chi connectivity index (χ3v) is 4.24. The second kappa shape index (κ2) is 8.47. The topological polar surface area (TPSA) is 45.7 Å². The number of rotatable bonds is 6. The molecule has 1 amide bonds. The van der Waals surface area contributed by atoms with Gasteiger partial charge in [-0.15, -0.1) is 0 Å². The van der Waals surface area contributed by atoms with E-state index in [0.29, 0.717) is 5.02 Å². The Labute approximate surface area is 152 Å². The monoisotopic (exact) mass is 351 g/mol. The molecule has 3 aromatic rings. The highest BCUT2D eigenvalue weighted by Crippen LogP contribution is 2.16. The average molecular weight is 352 g/mol. The van der Waals surface area contributed by atoms with E-state index < -0.39 is 0 Å². The summed E-state index contributed by atoms with van der Waals surface area (Å²) in [6.07, 6.45) is 0. The van der Waals surface area contributed by atoms with Crippen molar-refractivity contribution < 1.29 is 10.1 Å². The third kappa shape index (κ3) is 4.92. The molecule has 0 unspecified atom stereocenters. The fourth-order valence-corrected chi connectivity index (χ4v) is 2.80. The van der Waals surface area contributed by atoms with E-state index in [4.69, 9.17) is 11.6 Å². The number of quaternary nitrogens is 1. The normalized spacial score (nSPS) is 11.7. The van der Waals surface area contributed by atoms with Gasteiger partial charge in [0.05, 0.1) is 0 Å². The zero-order chi connectivity index (χ0) is 17.5. The fourth-order valence-electron chi connectivity index (χ4n) is 2.68. The first kappa shape index (κ1) is 17.2. The van der Waals surface area contributed by atoms with E-state index in [0.717, 1.165) is 17.8 Å². The number of nitrogens with two attached hydrogens (primary N) is 1. The molecule has 0 fully saturated rings. The van der Waals surface area contributed by atoms with Crippen molar-refractivity contribution >= 4 is 23.2 Å². The van der Waals surface area contributed by atoms with Crippen LogP contribution in [0.5, 0.6) is 0 Å². The Morgan fingerprint density at radius 1 is 0.880 bits per heavy atom. The number of hydrogen-bond acceptors (Lipinski definition) is 1. The Bertz CT molecular complexity index is 804. The Morgan fingerprint density at radius 2 is 1.48 bits per heavy atom. The lowest BCUT2D eigenvalue weighted by molar-refractivity contribution is -0.697. The van der Waals surface area contributed by atoms with Crippen LogP contribution in [0.1, 0.15) is 17.2 Å². The predicted molar refractivity (Wildman–Crippen MR) is 101 cm³/mol. The maximum absolute atomic E-state index is 12.8. The van der Waals surface area contributed by atoms with Crippen molar-refractivity contribution in [3.63, 3.8) is 0 Å². The number of amides is 1. The molecule has 0 heterocycles. The molecule has 0 bridgehead atoms. The predicted octanol–water partition coefficient (Wildman–Crippen LogP) is 3.78. The second-order valence-corrected chi connectivity index (χ2v) is 6.25. The van der Waals surface area contributed by atoms with E-state index in [1.807, 2.05) is 48.5 Å². The third-order valence-electron chi connectivity index (χ3n) is 3.98. The highest BCUT2D eigenvalue weighted by atomic mass is 35.5. The van der Waals surface area contributed by atoms with Crippen molar-refractivity contribution in [1.82, 2.24) is 0 Å². The van der Waals surface area contributed by atoms with Gasteiger partial charge in [-0.1, -0.05) is 72.3 Å². The van der Waals surface area contributed by atoms with Crippen LogP contribution in [0.15, 0.2) is 84.9 Å². The number of nitrogens with one attached hydrogen (secondary N) is 1. The molecule has 0 aromatic heterocycles. The summed E-state index contributed by atoms with van der Waals surface area (Å²) in [4.78, 5) is 12.8. The highest BCUT2D eigenvalue weighted by molar-refractivity contribution is 6.30.